The van der Waals surface area contributed by atoms with Gasteiger partial charge in [-0.2, -0.15) is 4.89 Å². The molecule has 94 valence electrons. The SMILES string of the molecule is COOc1ccc(NC2CCCCC2)c(N)c1. The van der Waals surface area contributed by atoms with Crippen molar-refractivity contribution in [2.75, 3.05) is 18.2 Å². The van der Waals surface area contributed by atoms with E-state index in [0.717, 1.165) is 5.69 Å². The van der Waals surface area contributed by atoms with Gasteiger partial charge in [0.15, 0.2) is 5.75 Å². The minimum atomic E-state index is 0.556. The zero-order valence-corrected chi connectivity index (χ0v) is 10.2. The van der Waals surface area contributed by atoms with Crippen LogP contribution in [0.1, 0.15) is 32.1 Å². The molecule has 1 aliphatic carbocycles. The van der Waals surface area contributed by atoms with Gasteiger partial charge in [-0.1, -0.05) is 19.3 Å². The van der Waals surface area contributed by atoms with Gasteiger partial charge in [0.1, 0.15) is 0 Å². The molecular weight excluding hydrogens is 216 g/mol. The zero-order chi connectivity index (χ0) is 12.1. The molecule has 1 aliphatic rings. The third-order valence-electron chi connectivity index (χ3n) is 3.17. The summed E-state index contributed by atoms with van der Waals surface area (Å²) in [5.74, 6) is 0.624. The summed E-state index contributed by atoms with van der Waals surface area (Å²) in [6, 6.07) is 6.12. The zero-order valence-electron chi connectivity index (χ0n) is 10.2. The maximum atomic E-state index is 5.97. The smallest absolute Gasteiger partial charge is 0.167 e. The monoisotopic (exact) mass is 236 g/mol. The molecule has 17 heavy (non-hydrogen) atoms. The van der Waals surface area contributed by atoms with Crippen molar-refractivity contribution in [3.8, 4) is 5.75 Å². The van der Waals surface area contributed by atoms with Gasteiger partial charge < -0.3 is 15.9 Å². The van der Waals surface area contributed by atoms with E-state index in [4.69, 9.17) is 10.6 Å². The van der Waals surface area contributed by atoms with Crippen molar-refractivity contribution in [2.24, 2.45) is 0 Å². The molecule has 0 atom stereocenters. The van der Waals surface area contributed by atoms with Crippen molar-refractivity contribution in [3.05, 3.63) is 18.2 Å². The first kappa shape index (κ1) is 12.0. The minimum absolute atomic E-state index is 0.556. The van der Waals surface area contributed by atoms with Crippen LogP contribution in [0.5, 0.6) is 5.75 Å². The van der Waals surface area contributed by atoms with Crippen LogP contribution in [0.2, 0.25) is 0 Å². The Morgan fingerprint density at radius 2 is 2.00 bits per heavy atom. The van der Waals surface area contributed by atoms with Crippen LogP contribution in [0.25, 0.3) is 0 Å². The average molecular weight is 236 g/mol. The molecule has 0 spiro atoms. The molecule has 1 aromatic carbocycles. The Balaban J connectivity index is 2.00. The van der Waals surface area contributed by atoms with Crippen molar-refractivity contribution < 1.29 is 9.78 Å². The number of rotatable bonds is 4. The van der Waals surface area contributed by atoms with Crippen LogP contribution in [0, 0.1) is 0 Å². The van der Waals surface area contributed by atoms with E-state index in [0.29, 0.717) is 17.5 Å². The van der Waals surface area contributed by atoms with Gasteiger partial charge in [0.05, 0.1) is 18.5 Å². The van der Waals surface area contributed by atoms with Gasteiger partial charge in [0.25, 0.3) is 0 Å². The first-order valence-corrected chi connectivity index (χ1v) is 6.16. The first-order valence-electron chi connectivity index (χ1n) is 6.16. The molecule has 2 rings (SSSR count). The Bertz CT molecular complexity index is 362. The summed E-state index contributed by atoms with van der Waals surface area (Å²) in [6.07, 6.45) is 6.44. The Kier molecular flexibility index (Phi) is 4.09. The molecular formula is C13H20N2O2. The van der Waals surface area contributed by atoms with Gasteiger partial charge in [-0.3, -0.25) is 0 Å². The van der Waals surface area contributed by atoms with E-state index < -0.39 is 0 Å². The standard InChI is InChI=1S/C13H20N2O2/c1-16-17-11-7-8-13(12(14)9-11)15-10-5-3-2-4-6-10/h7-10,15H,2-6,14H2,1H3. The van der Waals surface area contributed by atoms with Gasteiger partial charge in [-0.15, -0.1) is 0 Å². The second-order valence-corrected chi connectivity index (χ2v) is 4.48. The molecule has 0 bridgehead atoms. The van der Waals surface area contributed by atoms with Crippen molar-refractivity contribution in [1.82, 2.24) is 0 Å². The predicted molar refractivity (Wildman–Crippen MR) is 69.0 cm³/mol. The highest BCUT2D eigenvalue weighted by molar-refractivity contribution is 5.68. The van der Waals surface area contributed by atoms with E-state index in [9.17, 15) is 0 Å². The Hall–Kier alpha value is -1.42. The van der Waals surface area contributed by atoms with E-state index >= 15 is 0 Å². The van der Waals surface area contributed by atoms with Crippen LogP contribution in [0.3, 0.4) is 0 Å². The lowest BCUT2D eigenvalue weighted by Crippen LogP contribution is -2.22. The van der Waals surface area contributed by atoms with Gasteiger partial charge >= 0.3 is 0 Å². The van der Waals surface area contributed by atoms with E-state index in [-0.39, 0.29) is 0 Å². The van der Waals surface area contributed by atoms with Gasteiger partial charge in [-0.05, 0) is 25.0 Å². The van der Waals surface area contributed by atoms with Crippen molar-refractivity contribution in [3.63, 3.8) is 0 Å². The second kappa shape index (κ2) is 5.77. The lowest BCUT2D eigenvalue weighted by atomic mass is 9.95. The first-order chi connectivity index (χ1) is 8.29. The maximum absolute atomic E-state index is 5.97. The summed E-state index contributed by atoms with van der Waals surface area (Å²) < 4.78 is 0. The maximum Gasteiger partial charge on any atom is 0.167 e. The summed E-state index contributed by atoms with van der Waals surface area (Å²) >= 11 is 0. The second-order valence-electron chi connectivity index (χ2n) is 4.48. The largest absolute Gasteiger partial charge is 0.397 e. The molecule has 0 radical (unpaired) electrons. The van der Waals surface area contributed by atoms with Crippen LogP contribution < -0.4 is 15.9 Å². The van der Waals surface area contributed by atoms with E-state index in [2.05, 4.69) is 10.2 Å². The molecule has 0 aliphatic heterocycles. The van der Waals surface area contributed by atoms with Crippen molar-refractivity contribution in [2.45, 2.75) is 38.1 Å². The summed E-state index contributed by atoms with van der Waals surface area (Å²) in [6.45, 7) is 0. The summed E-state index contributed by atoms with van der Waals surface area (Å²) in [5, 5.41) is 3.50. The highest BCUT2D eigenvalue weighted by atomic mass is 17.2. The number of hydrogen-bond acceptors (Lipinski definition) is 4. The fourth-order valence-corrected chi connectivity index (χ4v) is 2.29. The van der Waals surface area contributed by atoms with E-state index in [1.807, 2.05) is 12.1 Å². The third kappa shape index (κ3) is 3.27. The Morgan fingerprint density at radius 3 is 2.65 bits per heavy atom. The highest BCUT2D eigenvalue weighted by Crippen LogP contribution is 2.28. The summed E-state index contributed by atoms with van der Waals surface area (Å²) in [5.41, 5.74) is 7.66. The molecule has 1 aromatic rings. The predicted octanol–water partition coefficient (Wildman–Crippen LogP) is 2.95. The number of nitrogens with two attached hydrogens (primary N) is 1. The number of anilines is 2. The van der Waals surface area contributed by atoms with Gasteiger partial charge in [0.2, 0.25) is 0 Å². The Labute approximate surface area is 102 Å². The lowest BCUT2D eigenvalue weighted by molar-refractivity contribution is -0.178. The molecule has 0 heterocycles. The Morgan fingerprint density at radius 1 is 1.24 bits per heavy atom. The summed E-state index contributed by atoms with van der Waals surface area (Å²) in [4.78, 5) is 9.52. The third-order valence-corrected chi connectivity index (χ3v) is 3.17. The molecule has 0 unspecified atom stereocenters. The lowest BCUT2D eigenvalue weighted by Gasteiger charge is -2.24. The van der Waals surface area contributed by atoms with Crippen LogP contribution >= 0.6 is 0 Å². The molecule has 0 amide bonds. The molecule has 0 saturated heterocycles. The van der Waals surface area contributed by atoms with Gasteiger partial charge in [0, 0.05) is 12.1 Å². The molecule has 4 nitrogen and oxygen atoms in total. The van der Waals surface area contributed by atoms with Crippen LogP contribution in [-0.2, 0) is 4.89 Å². The number of hydrogen-bond donors (Lipinski definition) is 2. The number of nitrogen functional groups attached to an aromatic ring is 1. The quantitative estimate of drug-likeness (QED) is 0.479. The number of nitrogens with one attached hydrogen (secondary N) is 1. The minimum Gasteiger partial charge on any atom is -0.397 e. The highest BCUT2D eigenvalue weighted by Gasteiger charge is 2.14. The van der Waals surface area contributed by atoms with Crippen LogP contribution in [0.4, 0.5) is 11.4 Å². The number of benzene rings is 1. The fraction of sp³-hybridized carbons (Fsp3) is 0.538. The molecule has 4 heteroatoms. The van der Waals surface area contributed by atoms with Gasteiger partial charge in [-0.25, -0.2) is 0 Å². The normalized spacial score (nSPS) is 16.8. The molecule has 1 saturated carbocycles. The molecule has 0 aromatic heterocycles. The average Bonchev–Trinajstić information content (AvgIpc) is 2.34. The van der Waals surface area contributed by atoms with Crippen LogP contribution in [0.15, 0.2) is 18.2 Å². The van der Waals surface area contributed by atoms with E-state index in [1.165, 1.54) is 39.2 Å². The summed E-state index contributed by atoms with van der Waals surface area (Å²) in [7, 11) is 1.48. The van der Waals surface area contributed by atoms with Crippen molar-refractivity contribution in [1.29, 1.82) is 0 Å². The molecule has 3 N–H and O–H groups in total. The van der Waals surface area contributed by atoms with Crippen molar-refractivity contribution >= 4 is 11.4 Å². The fourth-order valence-electron chi connectivity index (χ4n) is 2.29. The topological polar surface area (TPSA) is 56.5 Å². The van der Waals surface area contributed by atoms with Crippen LogP contribution in [-0.4, -0.2) is 13.2 Å². The van der Waals surface area contributed by atoms with E-state index in [1.54, 1.807) is 6.07 Å². The molecule has 1 fully saturated rings.